The Morgan fingerprint density at radius 3 is 2.23 bits per heavy atom. The van der Waals surface area contributed by atoms with E-state index in [0.717, 1.165) is 16.5 Å². The highest BCUT2D eigenvalue weighted by atomic mass is 16.4. The molecule has 1 aromatic heterocycles. The quantitative estimate of drug-likeness (QED) is 0.362. The first-order valence-electron chi connectivity index (χ1n) is 13.5. The van der Waals surface area contributed by atoms with Crippen molar-refractivity contribution in [3.05, 3.63) is 96.7 Å². The first-order chi connectivity index (χ1) is 19.4. The Morgan fingerprint density at radius 2 is 1.57 bits per heavy atom. The molecule has 0 unspecified atom stereocenters. The van der Waals surface area contributed by atoms with E-state index in [1.165, 1.54) is 4.90 Å². The molecule has 3 heterocycles. The van der Waals surface area contributed by atoms with E-state index < -0.39 is 24.1 Å². The van der Waals surface area contributed by atoms with Crippen LogP contribution in [0.15, 0.2) is 91.1 Å². The number of nitrogens with zero attached hydrogens (tertiary/aromatic N) is 4. The van der Waals surface area contributed by atoms with E-state index in [9.17, 15) is 19.5 Å². The highest BCUT2D eigenvalue weighted by Gasteiger charge is 2.54. The smallest absolute Gasteiger partial charge is 0.329 e. The maximum atomic E-state index is 14.1. The summed E-state index contributed by atoms with van der Waals surface area (Å²) in [7, 11) is 1.74. The molecule has 204 valence electrons. The van der Waals surface area contributed by atoms with Gasteiger partial charge in [-0.15, -0.1) is 0 Å². The molecule has 0 spiro atoms. The Kier molecular flexibility index (Phi) is 6.63. The zero-order chi connectivity index (χ0) is 27.8. The molecule has 3 atom stereocenters. The number of hydrogen-bond donors (Lipinski definition) is 2. The number of para-hydroxylation sites is 2. The summed E-state index contributed by atoms with van der Waals surface area (Å²) < 4.78 is 0. The Hall–Kier alpha value is -4.79. The molecule has 2 saturated heterocycles. The van der Waals surface area contributed by atoms with Crippen LogP contribution in [0.1, 0.15) is 18.4 Å². The van der Waals surface area contributed by atoms with E-state index in [1.54, 1.807) is 21.7 Å². The lowest BCUT2D eigenvalue weighted by Gasteiger charge is -2.47. The number of carboxylic acid groups (broad SMARTS) is 1. The molecule has 6 rings (SSSR count). The molecule has 4 aromatic rings. The van der Waals surface area contributed by atoms with Crippen molar-refractivity contribution in [2.45, 2.75) is 37.5 Å². The van der Waals surface area contributed by atoms with Crippen molar-refractivity contribution >= 4 is 40.3 Å². The van der Waals surface area contributed by atoms with Crippen LogP contribution in [0.5, 0.6) is 0 Å². The summed E-state index contributed by atoms with van der Waals surface area (Å²) in [6, 6.07) is 23.8. The summed E-state index contributed by atoms with van der Waals surface area (Å²) in [5.41, 5.74) is 3.26. The third kappa shape index (κ3) is 4.53. The number of benzene rings is 3. The number of H-pyrrole nitrogens is 1. The zero-order valence-electron chi connectivity index (χ0n) is 22.2. The van der Waals surface area contributed by atoms with E-state index in [-0.39, 0.29) is 18.6 Å². The van der Waals surface area contributed by atoms with Crippen molar-refractivity contribution in [1.82, 2.24) is 19.7 Å². The number of nitrogens with one attached hydrogen (secondary N) is 1. The monoisotopic (exact) mass is 537 g/mol. The number of carboxylic acids is 1. The van der Waals surface area contributed by atoms with Crippen LogP contribution < -0.4 is 4.90 Å². The van der Waals surface area contributed by atoms with Crippen molar-refractivity contribution in [1.29, 1.82) is 0 Å². The van der Waals surface area contributed by atoms with Crippen molar-refractivity contribution in [2.75, 3.05) is 18.5 Å². The van der Waals surface area contributed by atoms with Crippen LogP contribution in [0.25, 0.3) is 10.9 Å². The summed E-state index contributed by atoms with van der Waals surface area (Å²) in [6.07, 6.45) is 3.05. The molecule has 2 aliphatic heterocycles. The van der Waals surface area contributed by atoms with Crippen molar-refractivity contribution in [2.24, 2.45) is 0 Å². The Balaban J connectivity index is 1.26. The van der Waals surface area contributed by atoms with Gasteiger partial charge in [0.2, 0.25) is 0 Å². The van der Waals surface area contributed by atoms with Gasteiger partial charge in [-0.2, -0.15) is 0 Å². The van der Waals surface area contributed by atoms with Gasteiger partial charge in [-0.25, -0.2) is 14.4 Å². The van der Waals surface area contributed by atoms with E-state index in [4.69, 9.17) is 0 Å². The van der Waals surface area contributed by atoms with Gasteiger partial charge in [0, 0.05) is 31.9 Å². The van der Waals surface area contributed by atoms with Gasteiger partial charge in [-0.3, -0.25) is 4.90 Å². The van der Waals surface area contributed by atoms with Crippen molar-refractivity contribution < 1.29 is 19.5 Å². The van der Waals surface area contributed by atoms with E-state index in [1.807, 2.05) is 91.1 Å². The van der Waals surface area contributed by atoms with Gasteiger partial charge in [0.05, 0.1) is 23.5 Å². The molecule has 0 saturated carbocycles. The van der Waals surface area contributed by atoms with Gasteiger partial charge in [0.1, 0.15) is 0 Å². The van der Waals surface area contributed by atoms with Gasteiger partial charge in [0.15, 0.2) is 6.04 Å². The number of anilines is 2. The average Bonchev–Trinajstić information content (AvgIpc) is 3.55. The number of piperazine rings is 1. The van der Waals surface area contributed by atoms with Crippen LogP contribution in [0, 0.1) is 0 Å². The number of carbonyl (C=O) groups excluding carboxylic acids is 2. The number of carbonyl (C=O) groups is 3. The fourth-order valence-corrected chi connectivity index (χ4v) is 6.13. The lowest BCUT2D eigenvalue weighted by Crippen LogP contribution is -2.67. The standard InChI is InChI=1S/C31H31N5O4/c1-33(19-21-12-13-22-16-17-32-26(22)18-21)30(39)36-25-14-15-27(36)28(29(37)38)34(20-25)31(40)35(23-8-4-2-5-9-23)24-10-6-3-7-11-24/h2-13,16-18,25,27-28,32H,14-15,19-20H2,1H3,(H,37,38)/t25-,27+,28-/m0/s1. The minimum atomic E-state index is -1.16. The number of aromatic amines is 1. The minimum Gasteiger partial charge on any atom is -0.480 e. The number of rotatable bonds is 5. The van der Waals surface area contributed by atoms with E-state index >= 15 is 0 Å². The summed E-state index contributed by atoms with van der Waals surface area (Å²) in [6.45, 7) is 0.538. The van der Waals surface area contributed by atoms with Crippen LogP contribution in [0.4, 0.5) is 21.0 Å². The minimum absolute atomic E-state index is 0.149. The normalized spacial score (nSPS) is 20.0. The summed E-state index contributed by atoms with van der Waals surface area (Å²) >= 11 is 0. The Bertz CT molecular complexity index is 1500. The van der Waals surface area contributed by atoms with Gasteiger partial charge in [-0.1, -0.05) is 48.5 Å². The first-order valence-corrected chi connectivity index (χ1v) is 13.5. The lowest BCUT2D eigenvalue weighted by atomic mass is 10.0. The molecule has 0 aliphatic carbocycles. The van der Waals surface area contributed by atoms with Crippen LogP contribution >= 0.6 is 0 Å². The van der Waals surface area contributed by atoms with Crippen LogP contribution in [-0.2, 0) is 11.3 Å². The van der Waals surface area contributed by atoms with E-state index in [2.05, 4.69) is 4.98 Å². The molecule has 40 heavy (non-hydrogen) atoms. The van der Waals surface area contributed by atoms with Crippen LogP contribution in [0.3, 0.4) is 0 Å². The van der Waals surface area contributed by atoms with Gasteiger partial charge < -0.3 is 24.8 Å². The number of urea groups is 2. The number of likely N-dealkylation sites (tertiary alicyclic amines) is 1. The molecule has 2 bridgehead atoms. The molecule has 0 radical (unpaired) electrons. The third-order valence-corrected chi connectivity index (χ3v) is 7.96. The molecule has 2 fully saturated rings. The lowest BCUT2D eigenvalue weighted by molar-refractivity contribution is -0.145. The zero-order valence-corrected chi connectivity index (χ0v) is 22.2. The van der Waals surface area contributed by atoms with Crippen molar-refractivity contribution in [3.63, 3.8) is 0 Å². The number of fused-ring (bicyclic) bond motifs is 3. The molecule has 3 aromatic carbocycles. The van der Waals surface area contributed by atoms with Crippen LogP contribution in [-0.4, -0.2) is 74.5 Å². The maximum absolute atomic E-state index is 14.1. The largest absolute Gasteiger partial charge is 0.480 e. The average molecular weight is 538 g/mol. The molecule has 4 amide bonds. The summed E-state index contributed by atoms with van der Waals surface area (Å²) in [5.74, 6) is -1.11. The number of hydrogen-bond acceptors (Lipinski definition) is 3. The predicted octanol–water partition coefficient (Wildman–Crippen LogP) is 5.28. The SMILES string of the molecule is CN(Cc1ccc2cc[nH]c2c1)C(=O)N1[C@H]2CC[C@@H]1[C@@H](C(=O)O)N(C(=O)N(c1ccccc1)c1ccccc1)C2. The van der Waals surface area contributed by atoms with Crippen molar-refractivity contribution in [3.8, 4) is 0 Å². The second kappa shape index (κ2) is 10.4. The summed E-state index contributed by atoms with van der Waals surface area (Å²) in [5, 5.41) is 11.5. The van der Waals surface area contributed by atoms with Crippen LogP contribution in [0.2, 0.25) is 0 Å². The van der Waals surface area contributed by atoms with Gasteiger partial charge in [-0.05, 0) is 60.2 Å². The Labute approximate surface area is 232 Å². The molecule has 9 nitrogen and oxygen atoms in total. The molecular formula is C31H31N5O4. The molecular weight excluding hydrogens is 506 g/mol. The van der Waals surface area contributed by atoms with Gasteiger partial charge in [0.25, 0.3) is 0 Å². The second-order valence-corrected chi connectivity index (χ2v) is 10.5. The highest BCUT2D eigenvalue weighted by Crippen LogP contribution is 2.37. The summed E-state index contributed by atoms with van der Waals surface area (Å²) in [4.78, 5) is 50.1. The fraction of sp³-hybridized carbons (Fsp3) is 0.258. The maximum Gasteiger partial charge on any atom is 0.329 e. The predicted molar refractivity (Wildman–Crippen MR) is 152 cm³/mol. The topological polar surface area (TPSA) is 100 Å². The number of aromatic nitrogens is 1. The van der Waals surface area contributed by atoms with Gasteiger partial charge >= 0.3 is 18.0 Å². The molecule has 9 heteroatoms. The fourth-order valence-electron chi connectivity index (χ4n) is 6.13. The Morgan fingerprint density at radius 1 is 0.900 bits per heavy atom. The highest BCUT2D eigenvalue weighted by molar-refractivity contribution is 6.01. The van der Waals surface area contributed by atoms with E-state index in [0.29, 0.717) is 30.8 Å². The number of amides is 4. The molecule has 2 N–H and O–H groups in total. The molecule has 2 aliphatic rings. The first kappa shape index (κ1) is 25.5. The number of aliphatic carboxylic acids is 1. The second-order valence-electron chi connectivity index (χ2n) is 10.5. The third-order valence-electron chi connectivity index (χ3n) is 7.96.